The van der Waals surface area contributed by atoms with Gasteiger partial charge in [-0.1, -0.05) is 0 Å². The molecule has 0 spiro atoms. The van der Waals surface area contributed by atoms with E-state index in [0.717, 1.165) is 25.7 Å². The summed E-state index contributed by atoms with van der Waals surface area (Å²) < 4.78 is 10.5. The van der Waals surface area contributed by atoms with E-state index in [1.165, 1.54) is 0 Å². The van der Waals surface area contributed by atoms with Crippen LogP contribution in [0.25, 0.3) is 0 Å². The van der Waals surface area contributed by atoms with Gasteiger partial charge in [-0.3, -0.25) is 0 Å². The fourth-order valence-electron chi connectivity index (χ4n) is 1.25. The topological polar surface area (TPSA) is 67.8 Å². The lowest BCUT2D eigenvalue weighted by Gasteiger charge is -2.19. The smallest absolute Gasteiger partial charge is 0.407 e. The highest BCUT2D eigenvalue weighted by molar-refractivity contribution is 5.67. The molecule has 0 aromatic carbocycles. The molecule has 0 atom stereocenters. The van der Waals surface area contributed by atoms with Gasteiger partial charge in [0.1, 0.15) is 5.60 Å². The summed E-state index contributed by atoms with van der Waals surface area (Å²) in [6.45, 7) is 7.74. The highest BCUT2D eigenvalue weighted by Gasteiger charge is 2.15. The first-order valence-electron chi connectivity index (χ1n) is 6.61. The molecule has 2 N–H and O–H groups in total. The van der Waals surface area contributed by atoms with Gasteiger partial charge in [0.15, 0.2) is 0 Å². The van der Waals surface area contributed by atoms with Crippen LogP contribution in [0, 0.1) is 0 Å². The molecule has 5 heteroatoms. The fourth-order valence-corrected chi connectivity index (χ4v) is 1.25. The van der Waals surface area contributed by atoms with E-state index >= 15 is 0 Å². The zero-order valence-corrected chi connectivity index (χ0v) is 11.8. The second kappa shape index (κ2) is 10.1. The molecule has 0 aliphatic heterocycles. The summed E-state index contributed by atoms with van der Waals surface area (Å²) >= 11 is 0. The van der Waals surface area contributed by atoms with Crippen LogP contribution < -0.4 is 5.32 Å². The predicted octanol–water partition coefficient (Wildman–Crippen LogP) is 2.08. The summed E-state index contributed by atoms with van der Waals surface area (Å²) in [6, 6.07) is 0. The van der Waals surface area contributed by atoms with Crippen molar-refractivity contribution in [1.82, 2.24) is 5.32 Å². The molecule has 5 nitrogen and oxygen atoms in total. The van der Waals surface area contributed by atoms with Crippen molar-refractivity contribution in [2.45, 2.75) is 52.1 Å². The third-order valence-electron chi connectivity index (χ3n) is 2.08. The van der Waals surface area contributed by atoms with E-state index in [1.807, 2.05) is 20.8 Å². The van der Waals surface area contributed by atoms with Crippen LogP contribution in [0.3, 0.4) is 0 Å². The summed E-state index contributed by atoms with van der Waals surface area (Å²) in [7, 11) is 0. The Labute approximate surface area is 110 Å². The molecule has 0 aromatic heterocycles. The summed E-state index contributed by atoms with van der Waals surface area (Å²) in [4.78, 5) is 11.3. The van der Waals surface area contributed by atoms with Crippen LogP contribution in [0.1, 0.15) is 46.5 Å². The average Bonchev–Trinajstić information content (AvgIpc) is 2.24. The molecule has 0 saturated carbocycles. The number of alkyl carbamates (subject to hydrolysis) is 1. The van der Waals surface area contributed by atoms with Gasteiger partial charge >= 0.3 is 6.09 Å². The van der Waals surface area contributed by atoms with E-state index in [2.05, 4.69) is 5.32 Å². The van der Waals surface area contributed by atoms with E-state index < -0.39 is 5.60 Å². The Morgan fingerprint density at radius 3 is 2.28 bits per heavy atom. The zero-order valence-electron chi connectivity index (χ0n) is 11.8. The molecular weight excluding hydrogens is 234 g/mol. The molecule has 0 aliphatic carbocycles. The normalized spacial score (nSPS) is 11.3. The van der Waals surface area contributed by atoms with E-state index in [9.17, 15) is 4.79 Å². The molecule has 108 valence electrons. The quantitative estimate of drug-likeness (QED) is 0.624. The lowest BCUT2D eigenvalue weighted by molar-refractivity contribution is 0.0524. The molecule has 1 amide bonds. The van der Waals surface area contributed by atoms with Gasteiger partial charge in [-0.25, -0.2) is 4.79 Å². The third-order valence-corrected chi connectivity index (χ3v) is 2.08. The lowest BCUT2D eigenvalue weighted by atomic mass is 10.2. The average molecular weight is 261 g/mol. The molecule has 0 unspecified atom stereocenters. The van der Waals surface area contributed by atoms with Crippen molar-refractivity contribution in [3.63, 3.8) is 0 Å². The molecule has 0 rings (SSSR count). The van der Waals surface area contributed by atoms with E-state index in [1.54, 1.807) is 0 Å². The highest BCUT2D eigenvalue weighted by Crippen LogP contribution is 2.06. The minimum absolute atomic E-state index is 0.225. The monoisotopic (exact) mass is 261 g/mol. The summed E-state index contributed by atoms with van der Waals surface area (Å²) in [5, 5.41) is 11.3. The Morgan fingerprint density at radius 2 is 1.72 bits per heavy atom. The number of rotatable bonds is 9. The predicted molar refractivity (Wildman–Crippen MR) is 70.6 cm³/mol. The minimum Gasteiger partial charge on any atom is -0.444 e. The maximum absolute atomic E-state index is 11.3. The molecule has 0 aromatic rings. The Morgan fingerprint density at radius 1 is 1.11 bits per heavy atom. The Balaban J connectivity index is 3.23. The van der Waals surface area contributed by atoms with Crippen LogP contribution >= 0.6 is 0 Å². The van der Waals surface area contributed by atoms with Crippen molar-refractivity contribution in [3.8, 4) is 0 Å². The zero-order chi connectivity index (χ0) is 13.9. The van der Waals surface area contributed by atoms with Gasteiger partial charge in [0.25, 0.3) is 0 Å². The number of hydrogen-bond donors (Lipinski definition) is 2. The molecule has 0 aliphatic rings. The number of carbonyl (C=O) groups is 1. The van der Waals surface area contributed by atoms with Crippen LogP contribution in [-0.2, 0) is 9.47 Å². The first kappa shape index (κ1) is 17.2. The van der Waals surface area contributed by atoms with Crippen LogP contribution in [0.2, 0.25) is 0 Å². The van der Waals surface area contributed by atoms with Crippen molar-refractivity contribution >= 4 is 6.09 Å². The Hall–Kier alpha value is -0.810. The van der Waals surface area contributed by atoms with Gasteiger partial charge in [-0.15, -0.1) is 0 Å². The third kappa shape index (κ3) is 13.3. The van der Waals surface area contributed by atoms with Crippen LogP contribution in [-0.4, -0.2) is 43.2 Å². The van der Waals surface area contributed by atoms with E-state index in [-0.39, 0.29) is 12.7 Å². The van der Waals surface area contributed by atoms with Crippen molar-refractivity contribution in [3.05, 3.63) is 0 Å². The van der Waals surface area contributed by atoms with Gasteiger partial charge in [0.05, 0.1) is 0 Å². The number of ether oxygens (including phenoxy) is 2. The number of aliphatic hydroxyl groups is 1. The van der Waals surface area contributed by atoms with Gasteiger partial charge in [-0.2, -0.15) is 0 Å². The molecule has 0 saturated heterocycles. The number of aliphatic hydroxyl groups excluding tert-OH is 1. The van der Waals surface area contributed by atoms with Crippen molar-refractivity contribution in [1.29, 1.82) is 0 Å². The summed E-state index contributed by atoms with van der Waals surface area (Å²) in [5.74, 6) is 0. The molecule has 18 heavy (non-hydrogen) atoms. The largest absolute Gasteiger partial charge is 0.444 e. The van der Waals surface area contributed by atoms with E-state index in [0.29, 0.717) is 19.8 Å². The van der Waals surface area contributed by atoms with Crippen LogP contribution in [0.4, 0.5) is 4.79 Å². The number of unbranched alkanes of at least 4 members (excludes halogenated alkanes) is 2. The second-order valence-corrected chi connectivity index (χ2v) is 5.18. The fraction of sp³-hybridized carbons (Fsp3) is 0.923. The molecule has 0 bridgehead atoms. The van der Waals surface area contributed by atoms with Crippen molar-refractivity contribution < 1.29 is 19.4 Å². The summed E-state index contributed by atoms with van der Waals surface area (Å²) in [6.07, 6.45) is 3.10. The first-order valence-corrected chi connectivity index (χ1v) is 6.61. The number of nitrogens with one attached hydrogen (secondary N) is 1. The highest BCUT2D eigenvalue weighted by atomic mass is 16.6. The second-order valence-electron chi connectivity index (χ2n) is 5.18. The van der Waals surface area contributed by atoms with Crippen LogP contribution in [0.5, 0.6) is 0 Å². The van der Waals surface area contributed by atoms with Crippen molar-refractivity contribution in [2.75, 3.05) is 26.4 Å². The summed E-state index contributed by atoms with van der Waals surface area (Å²) in [5.41, 5.74) is -0.445. The number of hydrogen-bond acceptors (Lipinski definition) is 4. The molecule has 0 fully saturated rings. The van der Waals surface area contributed by atoms with E-state index in [4.69, 9.17) is 14.6 Å². The van der Waals surface area contributed by atoms with Crippen molar-refractivity contribution in [2.24, 2.45) is 0 Å². The number of amides is 1. The molecular formula is C13H27NO4. The van der Waals surface area contributed by atoms with Gasteiger partial charge in [-0.05, 0) is 46.5 Å². The van der Waals surface area contributed by atoms with Gasteiger partial charge < -0.3 is 19.9 Å². The molecule has 0 radical (unpaired) electrons. The van der Waals surface area contributed by atoms with Crippen LogP contribution in [0.15, 0.2) is 0 Å². The lowest BCUT2D eigenvalue weighted by Crippen LogP contribution is -2.33. The maximum Gasteiger partial charge on any atom is 0.407 e. The number of carbonyl (C=O) groups excluding carboxylic acids is 1. The SMILES string of the molecule is CC(C)(C)OC(=O)NCCCCOCCCCO. The van der Waals surface area contributed by atoms with Gasteiger partial charge in [0.2, 0.25) is 0 Å². The van der Waals surface area contributed by atoms with Gasteiger partial charge in [0, 0.05) is 26.4 Å². The Bertz CT molecular complexity index is 214. The standard InChI is InChI=1S/C13H27NO4/c1-13(2,3)18-12(16)14-8-4-6-10-17-11-7-5-9-15/h15H,4-11H2,1-3H3,(H,14,16). The minimum atomic E-state index is -0.445. The first-order chi connectivity index (χ1) is 8.45. The maximum atomic E-state index is 11.3. The Kier molecular flexibility index (Phi) is 9.69. The molecule has 0 heterocycles.